The van der Waals surface area contributed by atoms with Crippen molar-refractivity contribution in [3.63, 3.8) is 0 Å². The summed E-state index contributed by atoms with van der Waals surface area (Å²) >= 11 is 0. The van der Waals surface area contributed by atoms with Gasteiger partial charge >= 0.3 is 5.97 Å². The number of carbonyl (C=O) groups is 1. The number of hydrogen-bond acceptors (Lipinski definition) is 4. The summed E-state index contributed by atoms with van der Waals surface area (Å²) in [6.07, 6.45) is 0. The molecule has 6 nitrogen and oxygen atoms in total. The summed E-state index contributed by atoms with van der Waals surface area (Å²) in [7, 11) is 0. The fourth-order valence-electron chi connectivity index (χ4n) is 0.844. The van der Waals surface area contributed by atoms with E-state index in [0.717, 1.165) is 0 Å². The van der Waals surface area contributed by atoms with E-state index in [4.69, 9.17) is 5.11 Å². The Hall–Kier alpha value is -1.46. The molecule has 0 unspecified atom stereocenters. The van der Waals surface area contributed by atoms with Crippen LogP contribution in [0.4, 0.5) is 0 Å². The minimum Gasteiger partial charge on any atom is -0.481 e. The Morgan fingerprint density at radius 1 is 1.27 bits per heavy atom. The van der Waals surface area contributed by atoms with Gasteiger partial charge in [0, 0.05) is 0 Å². The van der Waals surface area contributed by atoms with E-state index in [0.29, 0.717) is 0 Å². The molecule has 0 radical (unpaired) electrons. The summed E-state index contributed by atoms with van der Waals surface area (Å²) in [5, 5.41) is 20.7. The van der Waals surface area contributed by atoms with Gasteiger partial charge in [0.2, 0.25) is 0 Å². The lowest BCUT2D eigenvalue weighted by Gasteiger charge is -2.17. The van der Waals surface area contributed by atoms with Crippen molar-refractivity contribution in [2.75, 3.05) is 0 Å². The molecule has 0 bridgehead atoms. The number of hydrogen-bond donors (Lipinski definition) is 1. The van der Waals surface area contributed by atoms with Gasteiger partial charge in [-0.25, -0.2) is 0 Å². The van der Waals surface area contributed by atoms with Gasteiger partial charge in [0.25, 0.3) is 0 Å². The first-order chi connectivity index (χ1) is 6.65. The van der Waals surface area contributed by atoms with Crippen LogP contribution in [0.3, 0.4) is 0 Å². The van der Waals surface area contributed by atoms with E-state index < -0.39 is 11.4 Å². The van der Waals surface area contributed by atoms with E-state index in [1.165, 1.54) is 4.80 Å². The molecule has 0 aliphatic carbocycles. The van der Waals surface area contributed by atoms with Gasteiger partial charge < -0.3 is 5.11 Å². The number of aliphatic carboxylic acids is 1. The van der Waals surface area contributed by atoms with E-state index in [1.54, 1.807) is 13.8 Å². The van der Waals surface area contributed by atoms with Crippen LogP contribution in [-0.4, -0.2) is 31.3 Å². The van der Waals surface area contributed by atoms with Crippen LogP contribution in [0.5, 0.6) is 0 Å². The van der Waals surface area contributed by atoms with Gasteiger partial charge in [-0.2, -0.15) is 4.80 Å². The maximum atomic E-state index is 11.0. The van der Waals surface area contributed by atoms with Crippen molar-refractivity contribution in [3.05, 3.63) is 5.82 Å². The summed E-state index contributed by atoms with van der Waals surface area (Å²) < 4.78 is 0. The highest BCUT2D eigenvalue weighted by molar-refractivity contribution is 5.78. The van der Waals surface area contributed by atoms with Gasteiger partial charge in [0.05, 0.1) is 5.54 Å². The Balaban J connectivity index is 3.10. The van der Waals surface area contributed by atoms with Crippen molar-refractivity contribution in [2.45, 2.75) is 45.6 Å². The number of tetrazole rings is 1. The number of rotatable bonds is 2. The number of nitrogens with zero attached hydrogens (tertiary/aromatic N) is 4. The monoisotopic (exact) mass is 212 g/mol. The number of carboxylic acid groups (broad SMARTS) is 1. The first-order valence-corrected chi connectivity index (χ1v) is 4.70. The molecule has 84 valence electrons. The molecule has 1 aromatic rings. The zero-order chi connectivity index (χ0) is 11.9. The third-order valence-corrected chi connectivity index (χ3v) is 2.11. The lowest BCUT2D eigenvalue weighted by molar-refractivity contribution is -0.142. The molecule has 1 N–H and O–H groups in total. The fraction of sp³-hybridized carbons (Fsp3) is 0.778. The molecule has 6 heteroatoms. The van der Waals surface area contributed by atoms with Crippen LogP contribution in [0.2, 0.25) is 0 Å². The van der Waals surface area contributed by atoms with Crippen LogP contribution >= 0.6 is 0 Å². The van der Waals surface area contributed by atoms with Crippen LogP contribution in [0, 0.1) is 0 Å². The highest BCUT2D eigenvalue weighted by atomic mass is 16.4. The second-order valence-electron chi connectivity index (χ2n) is 5.00. The molecule has 1 rings (SSSR count). The average molecular weight is 212 g/mol. The summed E-state index contributed by atoms with van der Waals surface area (Å²) in [6, 6.07) is 0. The summed E-state index contributed by atoms with van der Waals surface area (Å²) in [6.45, 7) is 8.88. The maximum absolute atomic E-state index is 11.0. The highest BCUT2D eigenvalue weighted by Crippen LogP contribution is 2.20. The van der Waals surface area contributed by atoms with Crippen LogP contribution in [0.15, 0.2) is 0 Å². The minimum atomic E-state index is -1.11. The largest absolute Gasteiger partial charge is 0.481 e. The molecule has 0 fully saturated rings. The highest BCUT2D eigenvalue weighted by Gasteiger charge is 2.35. The second kappa shape index (κ2) is 3.29. The topological polar surface area (TPSA) is 80.9 Å². The van der Waals surface area contributed by atoms with Crippen molar-refractivity contribution in [1.29, 1.82) is 0 Å². The molecule has 0 aliphatic heterocycles. The van der Waals surface area contributed by atoms with Gasteiger partial charge in [0.1, 0.15) is 5.41 Å². The van der Waals surface area contributed by atoms with Crippen LogP contribution in [0.1, 0.15) is 40.4 Å². The number of carboxylic acids is 1. The van der Waals surface area contributed by atoms with Gasteiger partial charge in [-0.05, 0) is 39.8 Å². The summed E-state index contributed by atoms with van der Waals surface area (Å²) in [5.74, 6) is -0.735. The molecule has 0 saturated heterocycles. The Bertz CT molecular complexity index is 376. The third-order valence-electron chi connectivity index (χ3n) is 2.11. The molecule has 1 aromatic heterocycles. The Morgan fingerprint density at radius 2 is 1.80 bits per heavy atom. The Morgan fingerprint density at radius 3 is 2.13 bits per heavy atom. The average Bonchev–Trinajstić information content (AvgIpc) is 2.50. The molecule has 0 aliphatic rings. The van der Waals surface area contributed by atoms with Crippen molar-refractivity contribution in [3.8, 4) is 0 Å². The van der Waals surface area contributed by atoms with Gasteiger partial charge in [-0.1, -0.05) is 0 Å². The standard InChI is InChI=1S/C9H16N4O2/c1-8(2,3)13-11-6(10-12-13)9(4,5)7(14)15/h1-5H3,(H,14,15). The van der Waals surface area contributed by atoms with E-state index in [2.05, 4.69) is 15.4 Å². The van der Waals surface area contributed by atoms with Crippen molar-refractivity contribution < 1.29 is 9.90 Å². The predicted molar refractivity (Wildman–Crippen MR) is 53.5 cm³/mol. The Labute approximate surface area is 88.3 Å². The molecule has 0 spiro atoms. The summed E-state index contributed by atoms with van der Waals surface area (Å²) in [4.78, 5) is 12.4. The van der Waals surface area contributed by atoms with Crippen LogP contribution in [0.25, 0.3) is 0 Å². The molecule has 15 heavy (non-hydrogen) atoms. The fourth-order valence-corrected chi connectivity index (χ4v) is 0.844. The first kappa shape index (κ1) is 11.6. The third kappa shape index (κ3) is 2.14. The number of aromatic nitrogens is 4. The van der Waals surface area contributed by atoms with Crippen molar-refractivity contribution in [1.82, 2.24) is 20.2 Å². The van der Waals surface area contributed by atoms with Crippen LogP contribution in [-0.2, 0) is 15.7 Å². The molecular weight excluding hydrogens is 196 g/mol. The maximum Gasteiger partial charge on any atom is 0.316 e. The second-order valence-corrected chi connectivity index (χ2v) is 5.00. The minimum absolute atomic E-state index is 0.227. The lowest BCUT2D eigenvalue weighted by Crippen LogP contribution is -2.31. The zero-order valence-electron chi connectivity index (χ0n) is 9.64. The lowest BCUT2D eigenvalue weighted by atomic mass is 9.93. The molecule has 0 amide bonds. The first-order valence-electron chi connectivity index (χ1n) is 4.70. The molecule has 0 aromatic carbocycles. The summed E-state index contributed by atoms with van der Waals surface area (Å²) in [5.41, 5.74) is -1.40. The van der Waals surface area contributed by atoms with E-state index in [9.17, 15) is 4.79 Å². The van der Waals surface area contributed by atoms with Crippen molar-refractivity contribution in [2.24, 2.45) is 0 Å². The predicted octanol–water partition coefficient (Wildman–Crippen LogP) is 0.790. The van der Waals surface area contributed by atoms with Gasteiger partial charge in [-0.3, -0.25) is 4.79 Å². The zero-order valence-corrected chi connectivity index (χ0v) is 9.64. The molecule has 0 saturated carbocycles. The van der Waals surface area contributed by atoms with E-state index in [1.807, 2.05) is 20.8 Å². The van der Waals surface area contributed by atoms with Gasteiger partial charge in [-0.15, -0.1) is 10.2 Å². The van der Waals surface area contributed by atoms with Gasteiger partial charge in [0.15, 0.2) is 5.82 Å². The van der Waals surface area contributed by atoms with Crippen molar-refractivity contribution >= 4 is 5.97 Å². The normalized spacial score (nSPS) is 12.9. The smallest absolute Gasteiger partial charge is 0.316 e. The Kier molecular flexibility index (Phi) is 2.54. The SMILES string of the molecule is CC(C)(C(=O)O)c1nnn(C(C)(C)C)n1. The molecule has 1 heterocycles. The van der Waals surface area contributed by atoms with E-state index in [-0.39, 0.29) is 11.4 Å². The molecule has 0 atom stereocenters. The van der Waals surface area contributed by atoms with Crippen LogP contribution < -0.4 is 0 Å². The molecular formula is C9H16N4O2. The van der Waals surface area contributed by atoms with E-state index >= 15 is 0 Å². The quantitative estimate of drug-likeness (QED) is 0.783.